The van der Waals surface area contributed by atoms with Crippen LogP contribution in [0.3, 0.4) is 0 Å². The molecule has 57 heavy (non-hydrogen) atoms. The van der Waals surface area contributed by atoms with Gasteiger partial charge < -0.3 is 48.7 Å². The normalized spacial score (nSPS) is 28.6. The van der Waals surface area contributed by atoms with Gasteiger partial charge >= 0.3 is 18.0 Å². The van der Waals surface area contributed by atoms with E-state index in [0.717, 1.165) is 17.7 Å². The summed E-state index contributed by atoms with van der Waals surface area (Å²) in [5.74, 6) is -5.94. The number of aromatic hydroxyl groups is 2. The van der Waals surface area contributed by atoms with Gasteiger partial charge in [0.2, 0.25) is 17.7 Å². The number of nitrogens with one attached hydrogen (secondary N) is 1. The summed E-state index contributed by atoms with van der Waals surface area (Å²) in [7, 11) is -1.20. The summed E-state index contributed by atoms with van der Waals surface area (Å²) < 4.78 is 63.1. The molecule has 1 aromatic heterocycles. The number of benzene rings is 1. The molecule has 1 aromatic carbocycles. The van der Waals surface area contributed by atoms with E-state index >= 15 is 0 Å². The van der Waals surface area contributed by atoms with E-state index in [1.165, 1.54) is 33.1 Å². The van der Waals surface area contributed by atoms with Gasteiger partial charge in [-0.2, -0.15) is 8.42 Å². The van der Waals surface area contributed by atoms with Crippen molar-refractivity contribution in [1.82, 2.24) is 10.0 Å². The van der Waals surface area contributed by atoms with E-state index in [0.29, 0.717) is 12.0 Å². The van der Waals surface area contributed by atoms with Gasteiger partial charge in [0.25, 0.3) is 10.1 Å². The molecule has 0 spiro atoms. The summed E-state index contributed by atoms with van der Waals surface area (Å²) >= 11 is 6.68. The summed E-state index contributed by atoms with van der Waals surface area (Å²) in [4.78, 5) is 59.2. The third-order valence-electron chi connectivity index (χ3n) is 10.2. The number of carbonyl (C=O) groups excluding carboxylic acids is 4. The first kappa shape index (κ1) is 43.3. The molecule has 19 nitrogen and oxygen atoms in total. The molecule has 4 bridgehead atoms. The van der Waals surface area contributed by atoms with Crippen molar-refractivity contribution in [2.24, 2.45) is 5.92 Å². The Balaban J connectivity index is 1.52. The van der Waals surface area contributed by atoms with Crippen molar-refractivity contribution in [3.63, 3.8) is 0 Å². The minimum absolute atomic E-state index is 0.0884. The van der Waals surface area contributed by atoms with Crippen LogP contribution in [0.2, 0.25) is 5.02 Å². The topological polar surface area (TPSA) is 262 Å². The Kier molecular flexibility index (Phi) is 12.6. The maximum absolute atomic E-state index is 14.1. The molecule has 5 N–H and O–H groups in total. The molecule has 5 rings (SSSR count). The Bertz CT molecular complexity index is 2070. The highest BCUT2D eigenvalue weighted by Gasteiger charge is 2.64. The third kappa shape index (κ3) is 9.31. The van der Waals surface area contributed by atoms with Gasteiger partial charge in [-0.05, 0) is 38.0 Å². The molecule has 0 aliphatic carbocycles. The van der Waals surface area contributed by atoms with Crippen molar-refractivity contribution in [2.45, 2.75) is 87.4 Å². The summed E-state index contributed by atoms with van der Waals surface area (Å²) in [6, 6.07) is 5.19. The highest BCUT2D eigenvalue weighted by atomic mass is 35.5. The summed E-state index contributed by atoms with van der Waals surface area (Å²) in [6.45, 7) is 4.99. The number of nitrogens with zero attached hydrogens (tertiary/aromatic N) is 2. The Morgan fingerprint density at radius 2 is 1.82 bits per heavy atom. The van der Waals surface area contributed by atoms with Crippen LogP contribution in [-0.4, -0.2) is 119 Å². The molecule has 0 radical (unpaired) electrons. The van der Waals surface area contributed by atoms with Crippen LogP contribution in [0.5, 0.6) is 17.5 Å². The second-order valence-electron chi connectivity index (χ2n) is 14.2. The number of hydrogen-bond donors (Lipinski definition) is 5. The second-order valence-corrected chi connectivity index (χ2v) is 16.2. The minimum atomic E-state index is -5.38. The van der Waals surface area contributed by atoms with Gasteiger partial charge in [0, 0.05) is 38.6 Å². The number of allylic oxidation sites excluding steroid dienone is 3. The van der Waals surface area contributed by atoms with Gasteiger partial charge in [0.15, 0.2) is 11.0 Å². The van der Waals surface area contributed by atoms with Crippen molar-refractivity contribution in [1.29, 1.82) is 0 Å². The lowest BCUT2D eigenvalue weighted by atomic mass is 9.83. The third-order valence-corrected chi connectivity index (χ3v) is 11.6. The van der Waals surface area contributed by atoms with E-state index in [1.54, 1.807) is 37.3 Å². The average Bonchev–Trinajstić information content (AvgIpc) is 3.74. The van der Waals surface area contributed by atoms with Crippen molar-refractivity contribution >= 4 is 51.3 Å². The van der Waals surface area contributed by atoms with Gasteiger partial charge in [0.1, 0.15) is 34.7 Å². The number of aromatic nitrogens is 1. The molecular formula is C36H44ClN3O16S. The van der Waals surface area contributed by atoms with Crippen LogP contribution in [0, 0.1) is 5.92 Å². The van der Waals surface area contributed by atoms with Crippen LogP contribution in [0.4, 0.5) is 10.5 Å². The van der Waals surface area contributed by atoms with E-state index < -0.39 is 106 Å². The van der Waals surface area contributed by atoms with Crippen LogP contribution in [0.25, 0.3) is 0 Å². The molecule has 0 saturated carbocycles. The Hall–Kier alpha value is -4.86. The number of epoxide rings is 1. The fourth-order valence-corrected chi connectivity index (χ4v) is 7.86. The summed E-state index contributed by atoms with van der Waals surface area (Å²) in [6.07, 6.45) is -2.22. The molecule has 8 atom stereocenters. The first-order chi connectivity index (χ1) is 26.6. The van der Waals surface area contributed by atoms with Crippen LogP contribution in [-0.2, 0) is 49.9 Å². The number of rotatable bonds is 8. The second kappa shape index (κ2) is 16.5. The van der Waals surface area contributed by atoms with Crippen LogP contribution >= 0.6 is 11.6 Å². The quantitative estimate of drug-likeness (QED) is 0.145. The largest absolute Gasteiger partial charge is 0.495 e. The predicted octanol–water partition coefficient (Wildman–Crippen LogP) is 2.18. The maximum Gasteiger partial charge on any atom is 0.409 e. The van der Waals surface area contributed by atoms with Crippen molar-refractivity contribution in [3.05, 3.63) is 58.7 Å². The molecule has 4 heterocycles. The van der Waals surface area contributed by atoms with Crippen LogP contribution < -0.4 is 19.8 Å². The number of ether oxygens (including phenoxy) is 5. The summed E-state index contributed by atoms with van der Waals surface area (Å²) in [5.41, 5.74) is -1.72. The maximum atomic E-state index is 14.1. The fourth-order valence-electron chi connectivity index (χ4n) is 6.92. The van der Waals surface area contributed by atoms with Crippen LogP contribution in [0.15, 0.2) is 48.1 Å². The van der Waals surface area contributed by atoms with Crippen molar-refractivity contribution < 1.29 is 76.0 Å². The molecule has 3 aliphatic rings. The molecule has 2 amide bonds. The number of fused-ring (bicyclic) bond motifs is 5. The van der Waals surface area contributed by atoms with Crippen molar-refractivity contribution in [2.75, 3.05) is 26.2 Å². The molecule has 3 aliphatic heterocycles. The van der Waals surface area contributed by atoms with Crippen LogP contribution in [0.1, 0.15) is 45.6 Å². The number of esters is 1. The van der Waals surface area contributed by atoms with E-state index in [1.807, 2.05) is 6.92 Å². The van der Waals surface area contributed by atoms with Gasteiger partial charge in [-0.1, -0.05) is 42.3 Å². The molecule has 2 saturated heterocycles. The Morgan fingerprint density at radius 1 is 1.16 bits per heavy atom. The fraction of sp³-hybridized carbons (Fsp3) is 0.500. The predicted molar refractivity (Wildman–Crippen MR) is 198 cm³/mol. The first-order valence-corrected chi connectivity index (χ1v) is 19.4. The monoisotopic (exact) mass is 841 g/mol. The molecular weight excluding hydrogens is 798 g/mol. The number of aliphatic hydroxyl groups is 1. The standard InChI is InChI=1S/C36H44ClN3O16S/c1-18-8-7-9-25(52-6)36(47)17-23(53-34(46)38-36)19(2)32-35(3,55-32)26(16-29(43)39(4)21-13-20(12-18)14-22(51-5)31(21)37)54-30(44)15-24(57(48,49)50)33(45)56-40-27(41)10-11-28(40)42/h7-11,13-14,19,23-26,32,41-42,47H,12,15-17H2,1-6H3,(H,38,46)(H,48,49,50). The van der Waals surface area contributed by atoms with E-state index in [9.17, 15) is 47.5 Å². The highest BCUT2D eigenvalue weighted by molar-refractivity contribution is 7.87. The number of amides is 2. The Morgan fingerprint density at radius 3 is 2.44 bits per heavy atom. The van der Waals surface area contributed by atoms with Gasteiger partial charge in [-0.25, -0.2) is 9.59 Å². The number of methoxy groups -OCH3 is 2. The number of halogens is 1. The first-order valence-electron chi connectivity index (χ1n) is 17.5. The minimum Gasteiger partial charge on any atom is -0.495 e. The number of anilines is 1. The van der Waals surface area contributed by atoms with Crippen molar-refractivity contribution in [3.8, 4) is 17.5 Å². The number of alkyl carbamates (subject to hydrolysis) is 1. The average molecular weight is 842 g/mol. The highest BCUT2D eigenvalue weighted by Crippen LogP contribution is 2.49. The SMILES string of the molecule is COc1cc2cc(c1Cl)N(C)C(=O)CC(OC(=O)CC(C(=O)On1c(O)ccc1O)S(=O)(=O)O)C1(C)OC1C(C)C1CC(O)(NC(=O)O1)C(OC)C=CC=C(C)C2. The van der Waals surface area contributed by atoms with Gasteiger partial charge in [-0.15, -0.1) is 4.73 Å². The number of carbonyl (C=O) groups is 4. The molecule has 2 aromatic rings. The Labute approximate surface area is 332 Å². The lowest BCUT2D eigenvalue weighted by Crippen LogP contribution is -2.63. The molecule has 8 unspecified atom stereocenters. The summed E-state index contributed by atoms with van der Waals surface area (Å²) in [5, 5.41) is 31.3. The smallest absolute Gasteiger partial charge is 0.409 e. The number of hydrogen-bond acceptors (Lipinski definition) is 15. The zero-order valence-electron chi connectivity index (χ0n) is 31.7. The zero-order valence-corrected chi connectivity index (χ0v) is 33.3. The van der Waals surface area contributed by atoms with E-state index in [2.05, 4.69) is 5.32 Å². The van der Waals surface area contributed by atoms with E-state index in [-0.39, 0.29) is 27.6 Å². The molecule has 2 fully saturated rings. The molecule has 312 valence electrons. The zero-order chi connectivity index (χ0) is 42.2. The van der Waals surface area contributed by atoms with Gasteiger partial charge in [-0.3, -0.25) is 19.5 Å². The molecule has 21 heteroatoms. The van der Waals surface area contributed by atoms with E-state index in [4.69, 9.17) is 40.1 Å². The lowest BCUT2D eigenvalue weighted by molar-refractivity contribution is -0.157. The lowest BCUT2D eigenvalue weighted by Gasteiger charge is -2.42. The van der Waals surface area contributed by atoms with Gasteiger partial charge in [0.05, 0.1) is 31.7 Å².